The van der Waals surface area contributed by atoms with E-state index in [4.69, 9.17) is 10.9 Å². The molecule has 0 aliphatic carbocycles. The van der Waals surface area contributed by atoms with E-state index in [0.717, 1.165) is 19.4 Å². The molecule has 11 heavy (non-hydrogen) atoms. The summed E-state index contributed by atoms with van der Waals surface area (Å²) < 4.78 is 0. The first-order valence-electron chi connectivity index (χ1n) is 3.42. The topological polar surface area (TPSA) is 66.6 Å². The van der Waals surface area contributed by atoms with Crippen molar-refractivity contribution in [1.82, 2.24) is 5.01 Å². The molecule has 5 heteroatoms. The molecule has 0 amide bonds. The normalized spacial score (nSPS) is 25.7. The van der Waals surface area contributed by atoms with E-state index in [-0.39, 0.29) is 18.3 Å². The molecule has 1 aliphatic heterocycles. The first kappa shape index (κ1) is 10.7. The van der Waals surface area contributed by atoms with Gasteiger partial charge >= 0.3 is 5.97 Å². The van der Waals surface area contributed by atoms with Crippen molar-refractivity contribution in [2.45, 2.75) is 12.8 Å². The van der Waals surface area contributed by atoms with Gasteiger partial charge in [-0.05, 0) is 12.8 Å². The van der Waals surface area contributed by atoms with Crippen LogP contribution in [0.3, 0.4) is 0 Å². The number of nitrogens with zero attached hydrogens (tertiary/aromatic N) is 1. The lowest BCUT2D eigenvalue weighted by atomic mass is 10.00. The number of carboxylic acids is 1. The molecule has 1 rings (SSSR count). The van der Waals surface area contributed by atoms with Gasteiger partial charge in [-0.25, -0.2) is 5.01 Å². The van der Waals surface area contributed by atoms with Gasteiger partial charge in [-0.3, -0.25) is 10.6 Å². The first-order valence-corrected chi connectivity index (χ1v) is 3.42. The van der Waals surface area contributed by atoms with Crippen molar-refractivity contribution in [3.05, 3.63) is 0 Å². The standard InChI is InChI=1S/C6H12N2O2.ClH/c7-8-3-1-2-5(4-8)6(9)10;/h5H,1-4,7H2,(H,9,10);1H/t5-;/m0./s1. The highest BCUT2D eigenvalue weighted by Gasteiger charge is 2.23. The number of hydrogen-bond acceptors (Lipinski definition) is 3. The van der Waals surface area contributed by atoms with E-state index in [2.05, 4.69) is 0 Å². The molecule has 0 saturated carbocycles. The lowest BCUT2D eigenvalue weighted by Crippen LogP contribution is -2.42. The molecule has 0 aromatic carbocycles. The van der Waals surface area contributed by atoms with Crippen LogP contribution in [-0.2, 0) is 4.79 Å². The third-order valence-electron chi connectivity index (χ3n) is 1.80. The number of nitrogens with two attached hydrogens (primary N) is 1. The van der Waals surface area contributed by atoms with Crippen molar-refractivity contribution in [2.75, 3.05) is 13.1 Å². The predicted molar refractivity (Wildman–Crippen MR) is 43.4 cm³/mol. The third-order valence-corrected chi connectivity index (χ3v) is 1.80. The van der Waals surface area contributed by atoms with E-state index in [1.807, 2.05) is 0 Å². The van der Waals surface area contributed by atoms with Gasteiger partial charge < -0.3 is 5.11 Å². The fourth-order valence-electron chi connectivity index (χ4n) is 1.21. The van der Waals surface area contributed by atoms with Crippen LogP contribution in [0.1, 0.15) is 12.8 Å². The molecule has 0 radical (unpaired) electrons. The fraction of sp³-hybridized carbons (Fsp3) is 0.833. The zero-order chi connectivity index (χ0) is 7.56. The van der Waals surface area contributed by atoms with Gasteiger partial charge in [0.25, 0.3) is 0 Å². The maximum absolute atomic E-state index is 10.4. The fourth-order valence-corrected chi connectivity index (χ4v) is 1.21. The summed E-state index contributed by atoms with van der Waals surface area (Å²) in [5.41, 5.74) is 0. The van der Waals surface area contributed by atoms with Gasteiger partial charge in [0.1, 0.15) is 0 Å². The Kier molecular flexibility index (Phi) is 4.40. The van der Waals surface area contributed by atoms with Gasteiger partial charge in [-0.2, -0.15) is 0 Å². The van der Waals surface area contributed by atoms with Crippen LogP contribution in [0.4, 0.5) is 0 Å². The van der Waals surface area contributed by atoms with E-state index in [1.54, 1.807) is 5.01 Å². The Labute approximate surface area is 71.7 Å². The monoisotopic (exact) mass is 180 g/mol. The summed E-state index contributed by atoms with van der Waals surface area (Å²) in [6.07, 6.45) is 1.66. The van der Waals surface area contributed by atoms with Gasteiger partial charge in [-0.15, -0.1) is 12.4 Å². The van der Waals surface area contributed by atoms with Crippen molar-refractivity contribution in [3.63, 3.8) is 0 Å². The van der Waals surface area contributed by atoms with Crippen LogP contribution in [-0.4, -0.2) is 29.2 Å². The minimum absolute atomic E-state index is 0. The minimum Gasteiger partial charge on any atom is -0.481 e. The molecular formula is C6H13ClN2O2. The molecule has 4 nitrogen and oxygen atoms in total. The van der Waals surface area contributed by atoms with Gasteiger partial charge in [-0.1, -0.05) is 0 Å². The number of hydrazine groups is 1. The van der Waals surface area contributed by atoms with Crippen molar-refractivity contribution in [3.8, 4) is 0 Å². The van der Waals surface area contributed by atoms with Crippen LogP contribution in [0.2, 0.25) is 0 Å². The number of carboxylic acid groups (broad SMARTS) is 1. The number of carbonyl (C=O) groups is 1. The van der Waals surface area contributed by atoms with E-state index in [0.29, 0.717) is 6.54 Å². The molecule has 1 saturated heterocycles. The van der Waals surface area contributed by atoms with Crippen LogP contribution in [0.25, 0.3) is 0 Å². The van der Waals surface area contributed by atoms with E-state index >= 15 is 0 Å². The summed E-state index contributed by atoms with van der Waals surface area (Å²) >= 11 is 0. The van der Waals surface area contributed by atoms with Crippen LogP contribution in [0.5, 0.6) is 0 Å². The van der Waals surface area contributed by atoms with Crippen molar-refractivity contribution < 1.29 is 9.90 Å². The molecular weight excluding hydrogens is 168 g/mol. The largest absolute Gasteiger partial charge is 0.481 e. The summed E-state index contributed by atoms with van der Waals surface area (Å²) in [7, 11) is 0. The Balaban J connectivity index is 0.000001000. The smallest absolute Gasteiger partial charge is 0.307 e. The molecule has 1 heterocycles. The van der Waals surface area contributed by atoms with Gasteiger partial charge in [0.2, 0.25) is 0 Å². The van der Waals surface area contributed by atoms with Crippen molar-refractivity contribution in [1.29, 1.82) is 0 Å². The Bertz CT molecular complexity index is 143. The SMILES string of the molecule is Cl.NN1CCC[C@H](C(=O)O)C1. The Morgan fingerprint density at radius 2 is 2.27 bits per heavy atom. The summed E-state index contributed by atoms with van der Waals surface area (Å²) in [5.74, 6) is 4.46. The van der Waals surface area contributed by atoms with Crippen molar-refractivity contribution >= 4 is 18.4 Å². The van der Waals surface area contributed by atoms with Crippen molar-refractivity contribution in [2.24, 2.45) is 11.8 Å². The average Bonchev–Trinajstić information content (AvgIpc) is 1.88. The van der Waals surface area contributed by atoms with Gasteiger partial charge in [0.15, 0.2) is 0 Å². The zero-order valence-electron chi connectivity index (χ0n) is 6.19. The highest BCUT2D eigenvalue weighted by Crippen LogP contribution is 2.13. The Morgan fingerprint density at radius 3 is 2.64 bits per heavy atom. The van der Waals surface area contributed by atoms with E-state index in [1.165, 1.54) is 0 Å². The number of piperidine rings is 1. The summed E-state index contributed by atoms with van der Waals surface area (Å²) in [6.45, 7) is 1.32. The molecule has 66 valence electrons. The number of aliphatic carboxylic acids is 1. The number of rotatable bonds is 1. The Morgan fingerprint density at radius 1 is 1.64 bits per heavy atom. The van der Waals surface area contributed by atoms with E-state index in [9.17, 15) is 4.79 Å². The van der Waals surface area contributed by atoms with Crippen LogP contribution >= 0.6 is 12.4 Å². The molecule has 1 aliphatic rings. The summed E-state index contributed by atoms with van der Waals surface area (Å²) in [4.78, 5) is 10.4. The third kappa shape index (κ3) is 3.05. The molecule has 0 spiro atoms. The summed E-state index contributed by atoms with van der Waals surface area (Å²) in [5, 5.41) is 10.1. The molecule has 0 bridgehead atoms. The lowest BCUT2D eigenvalue weighted by molar-refractivity contribution is -0.143. The van der Waals surface area contributed by atoms with Gasteiger partial charge in [0, 0.05) is 13.1 Å². The molecule has 0 aromatic heterocycles. The minimum atomic E-state index is -0.727. The molecule has 0 aromatic rings. The highest BCUT2D eigenvalue weighted by molar-refractivity contribution is 5.85. The average molecular weight is 181 g/mol. The number of halogens is 1. The Hall–Kier alpha value is -0.320. The highest BCUT2D eigenvalue weighted by atomic mass is 35.5. The second-order valence-electron chi connectivity index (χ2n) is 2.67. The second kappa shape index (κ2) is 4.54. The lowest BCUT2D eigenvalue weighted by Gasteiger charge is -2.26. The molecule has 0 unspecified atom stereocenters. The quantitative estimate of drug-likeness (QED) is 0.561. The molecule has 1 atom stereocenters. The molecule has 3 N–H and O–H groups in total. The maximum Gasteiger partial charge on any atom is 0.307 e. The van der Waals surface area contributed by atoms with Crippen LogP contribution < -0.4 is 5.84 Å². The first-order chi connectivity index (χ1) is 4.70. The molecule has 1 fully saturated rings. The summed E-state index contributed by atoms with van der Waals surface area (Å²) in [6, 6.07) is 0. The number of hydrogen-bond donors (Lipinski definition) is 2. The van der Waals surface area contributed by atoms with E-state index < -0.39 is 5.97 Å². The van der Waals surface area contributed by atoms with Crippen LogP contribution in [0, 0.1) is 5.92 Å². The predicted octanol–water partition coefficient (Wildman–Crippen LogP) is 0.0785. The maximum atomic E-state index is 10.4. The zero-order valence-corrected chi connectivity index (χ0v) is 7.01. The van der Waals surface area contributed by atoms with Gasteiger partial charge in [0.05, 0.1) is 5.92 Å². The second-order valence-corrected chi connectivity index (χ2v) is 2.67. The van der Waals surface area contributed by atoms with Crippen LogP contribution in [0.15, 0.2) is 0 Å².